The molecule has 4 rings (SSSR count). The molecule has 4 aromatic rings. The second-order valence-corrected chi connectivity index (χ2v) is 6.67. The molecule has 0 amide bonds. The Balaban J connectivity index is 1.92. The molecule has 0 fully saturated rings. The van der Waals surface area contributed by atoms with Crippen molar-refractivity contribution < 1.29 is 0 Å². The van der Waals surface area contributed by atoms with Crippen LogP contribution in [0.2, 0.25) is 5.02 Å². The van der Waals surface area contributed by atoms with Gasteiger partial charge in [0.25, 0.3) is 0 Å². The van der Waals surface area contributed by atoms with Crippen molar-refractivity contribution in [3.05, 3.63) is 82.7 Å². The zero-order chi connectivity index (χ0) is 14.9. The summed E-state index contributed by atoms with van der Waals surface area (Å²) in [5.41, 5.74) is 3.76. The summed E-state index contributed by atoms with van der Waals surface area (Å²) in [6.07, 6.45) is 0. The average molecular weight is 324 g/mol. The summed E-state index contributed by atoms with van der Waals surface area (Å²) in [4.78, 5) is 1.28. The predicted molar refractivity (Wildman–Crippen MR) is 95.8 cm³/mol. The molecule has 0 atom stereocenters. The fraction of sp³-hybridized carbons (Fsp3) is 0.0526. The number of benzene rings is 2. The van der Waals surface area contributed by atoms with Crippen LogP contribution < -0.4 is 0 Å². The molecule has 0 spiro atoms. The van der Waals surface area contributed by atoms with Crippen molar-refractivity contribution in [2.24, 2.45) is 0 Å². The molecule has 0 bridgehead atoms. The van der Waals surface area contributed by atoms with Gasteiger partial charge in [-0.1, -0.05) is 48.0 Å². The van der Waals surface area contributed by atoms with Gasteiger partial charge in [-0.2, -0.15) is 0 Å². The Labute approximate surface area is 138 Å². The fourth-order valence-corrected chi connectivity index (χ4v) is 3.74. The summed E-state index contributed by atoms with van der Waals surface area (Å²) in [6, 6.07) is 23.2. The lowest BCUT2D eigenvalue weighted by molar-refractivity contribution is 0.846. The average Bonchev–Trinajstić information content (AvgIpc) is 3.16. The Morgan fingerprint density at radius 1 is 0.909 bits per heavy atom. The molecule has 2 heterocycles. The lowest BCUT2D eigenvalue weighted by Crippen LogP contribution is -2.00. The van der Waals surface area contributed by atoms with E-state index in [9.17, 15) is 0 Å². The Bertz CT molecular complexity index is 907. The SMILES string of the molecule is Clc1ccc2c(c1)cc(-c1cccs1)n2Cc1ccccc1. The van der Waals surface area contributed by atoms with Crippen molar-refractivity contribution >= 4 is 33.8 Å². The topological polar surface area (TPSA) is 4.93 Å². The van der Waals surface area contributed by atoms with Gasteiger partial charge < -0.3 is 4.57 Å². The summed E-state index contributed by atoms with van der Waals surface area (Å²) in [5.74, 6) is 0. The van der Waals surface area contributed by atoms with Crippen molar-refractivity contribution in [3.63, 3.8) is 0 Å². The summed E-state index contributed by atoms with van der Waals surface area (Å²) < 4.78 is 2.37. The van der Waals surface area contributed by atoms with Crippen LogP contribution in [-0.4, -0.2) is 4.57 Å². The zero-order valence-corrected chi connectivity index (χ0v) is 13.4. The van der Waals surface area contributed by atoms with Gasteiger partial charge in [-0.15, -0.1) is 11.3 Å². The minimum Gasteiger partial charge on any atom is -0.335 e. The first-order chi connectivity index (χ1) is 10.8. The molecule has 0 unspecified atom stereocenters. The third kappa shape index (κ3) is 2.45. The maximum absolute atomic E-state index is 6.16. The highest BCUT2D eigenvalue weighted by Gasteiger charge is 2.12. The first-order valence-electron chi connectivity index (χ1n) is 7.18. The van der Waals surface area contributed by atoms with Crippen molar-refractivity contribution in [1.29, 1.82) is 0 Å². The molecule has 0 aliphatic heterocycles. The summed E-state index contributed by atoms with van der Waals surface area (Å²) in [5, 5.41) is 4.08. The van der Waals surface area contributed by atoms with Crippen molar-refractivity contribution in [2.75, 3.05) is 0 Å². The van der Waals surface area contributed by atoms with Gasteiger partial charge in [-0.25, -0.2) is 0 Å². The van der Waals surface area contributed by atoms with Crippen LogP contribution in [0, 0.1) is 0 Å². The van der Waals surface area contributed by atoms with Crippen LogP contribution in [0.15, 0.2) is 72.1 Å². The molecule has 0 radical (unpaired) electrons. The van der Waals surface area contributed by atoms with Gasteiger partial charge in [0.2, 0.25) is 0 Å². The van der Waals surface area contributed by atoms with E-state index in [1.807, 2.05) is 12.1 Å². The van der Waals surface area contributed by atoms with E-state index >= 15 is 0 Å². The number of hydrogen-bond donors (Lipinski definition) is 0. The smallest absolute Gasteiger partial charge is 0.0595 e. The Kier molecular flexibility index (Phi) is 3.49. The molecule has 0 N–H and O–H groups in total. The van der Waals surface area contributed by atoms with Crippen LogP contribution in [0.1, 0.15) is 5.56 Å². The van der Waals surface area contributed by atoms with E-state index in [4.69, 9.17) is 11.6 Å². The van der Waals surface area contributed by atoms with E-state index in [0.717, 1.165) is 11.6 Å². The third-order valence-corrected chi connectivity index (χ3v) is 4.95. The molecule has 0 saturated carbocycles. The number of thiophene rings is 1. The van der Waals surface area contributed by atoms with Gasteiger partial charge in [0.05, 0.1) is 10.6 Å². The molecule has 1 nitrogen and oxygen atoms in total. The number of halogens is 1. The molecule has 2 aromatic heterocycles. The number of nitrogens with zero attached hydrogens (tertiary/aromatic N) is 1. The van der Waals surface area contributed by atoms with E-state index in [-0.39, 0.29) is 0 Å². The highest BCUT2D eigenvalue weighted by molar-refractivity contribution is 7.13. The first-order valence-corrected chi connectivity index (χ1v) is 8.43. The molecule has 0 aliphatic rings. The van der Waals surface area contributed by atoms with Gasteiger partial charge in [-0.3, -0.25) is 0 Å². The minimum absolute atomic E-state index is 0.780. The molecule has 22 heavy (non-hydrogen) atoms. The lowest BCUT2D eigenvalue weighted by Gasteiger charge is -2.10. The molecule has 0 aliphatic carbocycles. The normalized spacial score (nSPS) is 11.1. The van der Waals surface area contributed by atoms with Gasteiger partial charge >= 0.3 is 0 Å². The van der Waals surface area contributed by atoms with Crippen LogP contribution in [0.4, 0.5) is 0 Å². The van der Waals surface area contributed by atoms with Crippen LogP contribution in [0.3, 0.4) is 0 Å². The second-order valence-electron chi connectivity index (χ2n) is 5.28. The Morgan fingerprint density at radius 2 is 1.77 bits per heavy atom. The maximum Gasteiger partial charge on any atom is 0.0595 e. The second kappa shape index (κ2) is 5.64. The molecule has 108 valence electrons. The molecule has 3 heteroatoms. The summed E-state index contributed by atoms with van der Waals surface area (Å²) in [6.45, 7) is 0.860. The van der Waals surface area contributed by atoms with Gasteiger partial charge in [0.1, 0.15) is 0 Å². The highest BCUT2D eigenvalue weighted by Crippen LogP contribution is 2.33. The number of hydrogen-bond acceptors (Lipinski definition) is 1. The van der Waals surface area contributed by atoms with Crippen molar-refractivity contribution in [1.82, 2.24) is 4.57 Å². The summed E-state index contributed by atoms with van der Waals surface area (Å²) >= 11 is 7.93. The molecular formula is C19H14ClNS. The predicted octanol–water partition coefficient (Wildman–Crippen LogP) is 6.07. The van der Waals surface area contributed by atoms with Crippen molar-refractivity contribution in [2.45, 2.75) is 6.54 Å². The van der Waals surface area contributed by atoms with Gasteiger partial charge in [-0.05, 0) is 41.3 Å². The third-order valence-electron chi connectivity index (χ3n) is 3.82. The molecule has 2 aromatic carbocycles. The fourth-order valence-electron chi connectivity index (χ4n) is 2.81. The van der Waals surface area contributed by atoms with Crippen molar-refractivity contribution in [3.8, 4) is 10.6 Å². The lowest BCUT2D eigenvalue weighted by atomic mass is 10.2. The largest absolute Gasteiger partial charge is 0.335 e. The number of fused-ring (bicyclic) bond motifs is 1. The monoisotopic (exact) mass is 323 g/mol. The number of aromatic nitrogens is 1. The number of rotatable bonds is 3. The van der Waals surface area contributed by atoms with E-state index in [2.05, 4.69) is 64.5 Å². The van der Waals surface area contributed by atoms with Crippen LogP contribution in [0.5, 0.6) is 0 Å². The van der Waals surface area contributed by atoms with Crippen LogP contribution in [-0.2, 0) is 6.54 Å². The van der Waals surface area contributed by atoms with E-state index in [0.29, 0.717) is 0 Å². The maximum atomic E-state index is 6.16. The highest BCUT2D eigenvalue weighted by atomic mass is 35.5. The zero-order valence-electron chi connectivity index (χ0n) is 11.9. The minimum atomic E-state index is 0.780. The van der Waals surface area contributed by atoms with Gasteiger partial charge in [0.15, 0.2) is 0 Å². The quantitative estimate of drug-likeness (QED) is 0.431. The summed E-state index contributed by atoms with van der Waals surface area (Å²) in [7, 11) is 0. The molecule has 0 saturated heterocycles. The van der Waals surface area contributed by atoms with E-state index < -0.39 is 0 Å². The first kappa shape index (κ1) is 13.6. The Hall–Kier alpha value is -2.03. The van der Waals surface area contributed by atoms with Crippen LogP contribution >= 0.6 is 22.9 Å². The van der Waals surface area contributed by atoms with Gasteiger partial charge in [0, 0.05) is 22.5 Å². The Morgan fingerprint density at radius 3 is 2.55 bits per heavy atom. The molecular weight excluding hydrogens is 310 g/mol. The van der Waals surface area contributed by atoms with E-state index in [1.165, 1.54) is 27.0 Å². The van der Waals surface area contributed by atoms with Crippen LogP contribution in [0.25, 0.3) is 21.5 Å². The standard InChI is InChI=1S/C19H14ClNS/c20-16-8-9-17-15(11-16)12-18(19-7-4-10-22-19)21(17)13-14-5-2-1-3-6-14/h1-12H,13H2. The van der Waals surface area contributed by atoms with E-state index in [1.54, 1.807) is 11.3 Å².